The predicted molar refractivity (Wildman–Crippen MR) is 70.2 cm³/mol. The Morgan fingerprint density at radius 3 is 1.89 bits per heavy atom. The van der Waals surface area contributed by atoms with Gasteiger partial charge in [-0.05, 0) is 27.7 Å². The van der Waals surface area contributed by atoms with E-state index >= 15 is 0 Å². The average Bonchev–Trinajstić information content (AvgIpc) is 2.20. The van der Waals surface area contributed by atoms with Crippen molar-refractivity contribution < 1.29 is 19.7 Å². The summed E-state index contributed by atoms with van der Waals surface area (Å²) in [5.74, 6) is -1.24. The molecule has 0 radical (unpaired) electrons. The topological polar surface area (TPSA) is 83.0 Å². The molecule has 0 aromatic rings. The Kier molecular flexibility index (Phi) is 9.53. The molecule has 0 aliphatic carbocycles. The van der Waals surface area contributed by atoms with E-state index in [4.69, 9.17) is 14.6 Å². The molecule has 0 saturated heterocycles. The molecule has 6 heteroatoms. The van der Waals surface area contributed by atoms with Gasteiger partial charge in [-0.3, -0.25) is 10.6 Å². The molecule has 4 N–H and O–H groups in total. The maximum atomic E-state index is 10.3. The summed E-state index contributed by atoms with van der Waals surface area (Å²) in [4.78, 5) is 0. The van der Waals surface area contributed by atoms with Crippen molar-refractivity contribution >= 4 is 0 Å². The molecule has 0 amide bonds. The maximum Gasteiger partial charge on any atom is 0.196 e. The van der Waals surface area contributed by atoms with Gasteiger partial charge in [0.2, 0.25) is 0 Å². The zero-order valence-corrected chi connectivity index (χ0v) is 11.9. The van der Waals surface area contributed by atoms with Crippen molar-refractivity contribution in [1.82, 2.24) is 10.6 Å². The summed E-state index contributed by atoms with van der Waals surface area (Å²) >= 11 is 0. The summed E-state index contributed by atoms with van der Waals surface area (Å²) in [6.45, 7) is 9.05. The van der Waals surface area contributed by atoms with Crippen LogP contribution in [0, 0.1) is 0 Å². The van der Waals surface area contributed by atoms with Gasteiger partial charge in [0.1, 0.15) is 6.61 Å². The fourth-order valence-electron chi connectivity index (χ4n) is 1.58. The fraction of sp³-hybridized carbons (Fsp3) is 1.00. The largest absolute Gasteiger partial charge is 0.394 e. The first-order chi connectivity index (χ1) is 8.39. The number of hydrogen-bond acceptors (Lipinski definition) is 6. The first kappa shape index (κ1) is 17.8. The molecule has 110 valence electrons. The lowest BCUT2D eigenvalue weighted by Crippen LogP contribution is -2.63. The average molecular weight is 264 g/mol. The van der Waals surface area contributed by atoms with Crippen molar-refractivity contribution in [2.24, 2.45) is 0 Å². The number of nitrogens with one attached hydrogen (secondary N) is 2. The molecule has 0 aromatic carbocycles. The molecule has 0 aliphatic heterocycles. The van der Waals surface area contributed by atoms with Crippen LogP contribution in [0.1, 0.15) is 27.7 Å². The Morgan fingerprint density at radius 1 is 0.944 bits per heavy atom. The second kappa shape index (κ2) is 9.66. The van der Waals surface area contributed by atoms with Crippen LogP contribution >= 0.6 is 0 Å². The van der Waals surface area contributed by atoms with E-state index in [-0.39, 0.29) is 25.3 Å². The van der Waals surface area contributed by atoms with E-state index in [9.17, 15) is 5.11 Å². The summed E-state index contributed by atoms with van der Waals surface area (Å²) < 4.78 is 10.4. The fourth-order valence-corrected chi connectivity index (χ4v) is 1.58. The SMILES string of the molecule is CC(C)NC(O)(COCCOCCO)NC(C)C. The zero-order valence-electron chi connectivity index (χ0n) is 11.9. The number of ether oxygens (including phenoxy) is 2. The quantitative estimate of drug-likeness (QED) is 0.302. The minimum absolute atomic E-state index is 0.00769. The third-order valence-corrected chi connectivity index (χ3v) is 1.97. The number of aliphatic hydroxyl groups excluding tert-OH is 1. The molecule has 18 heavy (non-hydrogen) atoms. The van der Waals surface area contributed by atoms with Crippen molar-refractivity contribution in [2.45, 2.75) is 45.6 Å². The highest BCUT2D eigenvalue weighted by Gasteiger charge is 2.28. The van der Waals surface area contributed by atoms with E-state index < -0.39 is 5.85 Å². The van der Waals surface area contributed by atoms with Crippen LogP contribution in [0.15, 0.2) is 0 Å². The van der Waals surface area contributed by atoms with Crippen LogP contribution < -0.4 is 10.6 Å². The smallest absolute Gasteiger partial charge is 0.196 e. The predicted octanol–water partition coefficient (Wildman–Crippen LogP) is -0.346. The van der Waals surface area contributed by atoms with E-state index in [0.717, 1.165) is 0 Å². The maximum absolute atomic E-state index is 10.3. The molecular formula is C12H28N2O4. The van der Waals surface area contributed by atoms with E-state index in [2.05, 4.69) is 10.6 Å². The van der Waals surface area contributed by atoms with Crippen molar-refractivity contribution in [3.05, 3.63) is 0 Å². The molecule has 0 atom stereocenters. The molecule has 0 aliphatic rings. The highest BCUT2D eigenvalue weighted by molar-refractivity contribution is 4.76. The van der Waals surface area contributed by atoms with Crippen LogP contribution in [-0.2, 0) is 9.47 Å². The third kappa shape index (κ3) is 9.76. The number of hydrogen-bond donors (Lipinski definition) is 4. The Bertz CT molecular complexity index is 191. The van der Waals surface area contributed by atoms with E-state index in [1.54, 1.807) is 0 Å². The summed E-state index contributed by atoms with van der Waals surface area (Å²) in [7, 11) is 0. The molecule has 0 heterocycles. The van der Waals surface area contributed by atoms with Crippen LogP contribution in [0.4, 0.5) is 0 Å². The number of aliphatic hydroxyl groups is 2. The Hall–Kier alpha value is -0.240. The van der Waals surface area contributed by atoms with E-state index in [1.165, 1.54) is 0 Å². The molecule has 0 aromatic heterocycles. The first-order valence-electron chi connectivity index (χ1n) is 6.43. The van der Waals surface area contributed by atoms with Gasteiger partial charge in [0, 0.05) is 12.1 Å². The second-order valence-electron chi connectivity index (χ2n) is 4.85. The number of rotatable bonds is 11. The lowest BCUT2D eigenvalue weighted by atomic mass is 10.3. The minimum atomic E-state index is -1.24. The van der Waals surface area contributed by atoms with Gasteiger partial charge in [-0.15, -0.1) is 0 Å². The van der Waals surface area contributed by atoms with E-state index in [0.29, 0.717) is 19.8 Å². The van der Waals surface area contributed by atoms with Crippen molar-refractivity contribution in [3.8, 4) is 0 Å². The summed E-state index contributed by atoms with van der Waals surface area (Å²) in [6.07, 6.45) is 0. The molecule has 0 fully saturated rings. The van der Waals surface area contributed by atoms with Gasteiger partial charge in [-0.25, -0.2) is 0 Å². The molecular weight excluding hydrogens is 236 g/mol. The highest BCUT2D eigenvalue weighted by Crippen LogP contribution is 2.01. The molecule has 0 rings (SSSR count). The van der Waals surface area contributed by atoms with Gasteiger partial charge >= 0.3 is 0 Å². The standard InChI is InChI=1S/C12H28N2O4/c1-10(2)13-12(16,14-11(3)4)9-18-8-7-17-6-5-15/h10-11,13-16H,5-9H2,1-4H3. The molecule has 0 saturated carbocycles. The van der Waals surface area contributed by atoms with Crippen molar-refractivity contribution in [3.63, 3.8) is 0 Å². The lowest BCUT2D eigenvalue weighted by Gasteiger charge is -2.33. The Morgan fingerprint density at radius 2 is 1.44 bits per heavy atom. The summed E-state index contributed by atoms with van der Waals surface area (Å²) in [5, 5.41) is 24.9. The van der Waals surface area contributed by atoms with Crippen molar-refractivity contribution in [1.29, 1.82) is 0 Å². The first-order valence-corrected chi connectivity index (χ1v) is 6.43. The summed E-state index contributed by atoms with van der Waals surface area (Å²) in [5.41, 5.74) is 0. The zero-order chi connectivity index (χ0) is 14.0. The van der Waals surface area contributed by atoms with Gasteiger partial charge in [-0.2, -0.15) is 0 Å². The minimum Gasteiger partial charge on any atom is -0.394 e. The van der Waals surface area contributed by atoms with Gasteiger partial charge in [0.25, 0.3) is 0 Å². The highest BCUT2D eigenvalue weighted by atomic mass is 16.5. The van der Waals surface area contributed by atoms with Crippen LogP contribution in [0.3, 0.4) is 0 Å². The van der Waals surface area contributed by atoms with Gasteiger partial charge in [0.15, 0.2) is 5.85 Å². The normalized spacial score (nSPS) is 12.7. The Balaban J connectivity index is 3.93. The van der Waals surface area contributed by atoms with E-state index in [1.807, 2.05) is 27.7 Å². The van der Waals surface area contributed by atoms with Crippen molar-refractivity contribution in [2.75, 3.05) is 33.0 Å². The monoisotopic (exact) mass is 264 g/mol. The van der Waals surface area contributed by atoms with Gasteiger partial charge in [0.05, 0.1) is 26.4 Å². The van der Waals surface area contributed by atoms with Crippen LogP contribution in [-0.4, -0.2) is 61.2 Å². The molecule has 6 nitrogen and oxygen atoms in total. The van der Waals surface area contributed by atoms with Gasteiger partial charge < -0.3 is 19.7 Å². The van der Waals surface area contributed by atoms with Gasteiger partial charge in [-0.1, -0.05) is 0 Å². The van der Waals surface area contributed by atoms with Crippen LogP contribution in [0.2, 0.25) is 0 Å². The van der Waals surface area contributed by atoms with Crippen LogP contribution in [0.5, 0.6) is 0 Å². The third-order valence-electron chi connectivity index (χ3n) is 1.97. The molecule has 0 unspecified atom stereocenters. The lowest BCUT2D eigenvalue weighted by molar-refractivity contribution is -0.108. The van der Waals surface area contributed by atoms with Crippen LogP contribution in [0.25, 0.3) is 0 Å². The molecule has 0 spiro atoms. The molecule has 0 bridgehead atoms. The second-order valence-corrected chi connectivity index (χ2v) is 4.85. The Labute approximate surface area is 110 Å². The summed E-state index contributed by atoms with van der Waals surface area (Å²) in [6, 6.07) is 0.269.